The number of nitrogens with two attached hydrogens (primary N) is 2. The number of anilines is 1. The molecule has 2 rings (SSSR count). The first-order chi connectivity index (χ1) is 9.11. The smallest absolute Gasteiger partial charge is 0.248 e. The fourth-order valence-corrected chi connectivity index (χ4v) is 2.62. The van der Waals surface area contributed by atoms with Crippen molar-refractivity contribution in [2.45, 2.75) is 19.3 Å². The maximum Gasteiger partial charge on any atom is 0.248 e. The van der Waals surface area contributed by atoms with Crippen molar-refractivity contribution in [2.24, 2.45) is 23.3 Å². The Morgan fingerprint density at radius 2 is 1.89 bits per heavy atom. The van der Waals surface area contributed by atoms with Crippen molar-refractivity contribution in [1.29, 1.82) is 0 Å². The van der Waals surface area contributed by atoms with E-state index >= 15 is 0 Å². The molecule has 102 valence electrons. The number of rotatable bonds is 4. The number of hydrogen-bond donors (Lipinski definition) is 3. The Kier molecular flexibility index (Phi) is 4.16. The van der Waals surface area contributed by atoms with Gasteiger partial charge >= 0.3 is 0 Å². The van der Waals surface area contributed by atoms with Crippen molar-refractivity contribution in [1.82, 2.24) is 0 Å². The van der Waals surface area contributed by atoms with Crippen LogP contribution in [0.4, 0.5) is 5.69 Å². The maximum absolute atomic E-state index is 12.1. The summed E-state index contributed by atoms with van der Waals surface area (Å²) in [4.78, 5) is 23.1. The molecule has 0 spiro atoms. The van der Waals surface area contributed by atoms with E-state index in [9.17, 15) is 9.59 Å². The summed E-state index contributed by atoms with van der Waals surface area (Å²) in [7, 11) is 0. The van der Waals surface area contributed by atoms with Crippen LogP contribution in [0.2, 0.25) is 0 Å². The molecule has 5 nitrogen and oxygen atoms in total. The molecule has 1 aromatic rings. The molecule has 2 atom stereocenters. The van der Waals surface area contributed by atoms with Gasteiger partial charge in [0.25, 0.3) is 0 Å². The summed E-state index contributed by atoms with van der Waals surface area (Å²) in [6.45, 7) is 0.554. The van der Waals surface area contributed by atoms with E-state index in [1.54, 1.807) is 24.3 Å². The minimum atomic E-state index is -0.475. The fraction of sp³-hybridized carbons (Fsp3) is 0.429. The van der Waals surface area contributed by atoms with Gasteiger partial charge in [0.15, 0.2) is 0 Å². The van der Waals surface area contributed by atoms with Gasteiger partial charge in [-0.1, -0.05) is 6.42 Å². The van der Waals surface area contributed by atoms with Gasteiger partial charge in [-0.3, -0.25) is 9.59 Å². The van der Waals surface area contributed by atoms with E-state index in [0.29, 0.717) is 17.8 Å². The summed E-state index contributed by atoms with van der Waals surface area (Å²) in [5.41, 5.74) is 11.9. The average molecular weight is 261 g/mol. The van der Waals surface area contributed by atoms with Crippen LogP contribution < -0.4 is 16.8 Å². The predicted molar refractivity (Wildman–Crippen MR) is 73.5 cm³/mol. The first kappa shape index (κ1) is 13.5. The predicted octanol–water partition coefficient (Wildman–Crippen LogP) is 1.10. The maximum atomic E-state index is 12.1. The monoisotopic (exact) mass is 261 g/mol. The van der Waals surface area contributed by atoms with Crippen molar-refractivity contribution in [3.05, 3.63) is 29.8 Å². The Labute approximate surface area is 112 Å². The molecular weight excluding hydrogens is 242 g/mol. The molecule has 1 fully saturated rings. The molecule has 19 heavy (non-hydrogen) atoms. The molecule has 0 saturated heterocycles. The second-order valence-electron chi connectivity index (χ2n) is 4.96. The molecule has 1 saturated carbocycles. The standard InChI is InChI=1S/C14H19N3O2/c15-8-10-2-1-3-12(10)14(19)17-11-6-4-9(5-7-11)13(16)18/h4-7,10,12H,1-3,8,15H2,(H2,16,18)(H,17,19). The van der Waals surface area contributed by atoms with E-state index < -0.39 is 5.91 Å². The number of carbonyl (C=O) groups excluding carboxylic acids is 2. The summed E-state index contributed by atoms with van der Waals surface area (Å²) in [6.07, 6.45) is 2.98. The van der Waals surface area contributed by atoms with Gasteiger partial charge in [0.1, 0.15) is 0 Å². The van der Waals surface area contributed by atoms with Gasteiger partial charge in [0.2, 0.25) is 11.8 Å². The van der Waals surface area contributed by atoms with Crippen LogP contribution in [0.3, 0.4) is 0 Å². The zero-order valence-electron chi connectivity index (χ0n) is 10.8. The Balaban J connectivity index is 2.00. The number of hydrogen-bond acceptors (Lipinski definition) is 3. The average Bonchev–Trinajstić information content (AvgIpc) is 2.87. The summed E-state index contributed by atoms with van der Waals surface area (Å²) in [5, 5.41) is 2.87. The minimum Gasteiger partial charge on any atom is -0.366 e. The molecule has 0 aliphatic heterocycles. The molecule has 0 heterocycles. The van der Waals surface area contributed by atoms with Crippen molar-refractivity contribution < 1.29 is 9.59 Å². The van der Waals surface area contributed by atoms with Gasteiger partial charge in [0, 0.05) is 17.2 Å². The van der Waals surface area contributed by atoms with E-state index in [4.69, 9.17) is 11.5 Å². The Morgan fingerprint density at radius 1 is 1.21 bits per heavy atom. The van der Waals surface area contributed by atoms with E-state index in [0.717, 1.165) is 19.3 Å². The summed E-state index contributed by atoms with van der Waals surface area (Å²) in [5.74, 6) is -0.178. The zero-order chi connectivity index (χ0) is 13.8. The van der Waals surface area contributed by atoms with Crippen LogP contribution in [0.5, 0.6) is 0 Å². The molecule has 0 radical (unpaired) electrons. The Bertz CT molecular complexity index is 470. The van der Waals surface area contributed by atoms with Crippen LogP contribution in [0.1, 0.15) is 29.6 Å². The van der Waals surface area contributed by atoms with Gasteiger partial charge in [0.05, 0.1) is 0 Å². The molecule has 0 aromatic heterocycles. The Hall–Kier alpha value is -1.88. The SMILES string of the molecule is NCC1CCCC1C(=O)Nc1ccc(C(N)=O)cc1. The van der Waals surface area contributed by atoms with E-state index in [1.807, 2.05) is 0 Å². The lowest BCUT2D eigenvalue weighted by Crippen LogP contribution is -2.29. The zero-order valence-corrected chi connectivity index (χ0v) is 10.8. The van der Waals surface area contributed by atoms with Gasteiger partial charge in [-0.15, -0.1) is 0 Å². The number of amides is 2. The van der Waals surface area contributed by atoms with E-state index in [-0.39, 0.29) is 17.7 Å². The largest absolute Gasteiger partial charge is 0.366 e. The topological polar surface area (TPSA) is 98.2 Å². The molecule has 5 heteroatoms. The molecule has 1 aromatic carbocycles. The highest BCUT2D eigenvalue weighted by Crippen LogP contribution is 2.31. The lowest BCUT2D eigenvalue weighted by Gasteiger charge is -2.17. The quantitative estimate of drug-likeness (QED) is 0.756. The summed E-state index contributed by atoms with van der Waals surface area (Å²) in [6, 6.07) is 6.58. The van der Waals surface area contributed by atoms with Crippen molar-refractivity contribution in [3.8, 4) is 0 Å². The molecule has 1 aliphatic rings. The van der Waals surface area contributed by atoms with Crippen LogP contribution in [0, 0.1) is 11.8 Å². The Morgan fingerprint density at radius 3 is 2.47 bits per heavy atom. The van der Waals surface area contributed by atoms with Crippen LogP contribution in [-0.4, -0.2) is 18.4 Å². The molecule has 2 unspecified atom stereocenters. The second kappa shape index (κ2) is 5.84. The highest BCUT2D eigenvalue weighted by Gasteiger charge is 2.31. The molecule has 0 bridgehead atoms. The molecule has 2 amide bonds. The van der Waals surface area contributed by atoms with Gasteiger partial charge in [-0.2, -0.15) is 0 Å². The highest BCUT2D eigenvalue weighted by atomic mass is 16.2. The second-order valence-corrected chi connectivity index (χ2v) is 4.96. The molecule has 5 N–H and O–H groups in total. The van der Waals surface area contributed by atoms with Crippen LogP contribution in [-0.2, 0) is 4.79 Å². The number of nitrogens with one attached hydrogen (secondary N) is 1. The van der Waals surface area contributed by atoms with Crippen molar-refractivity contribution >= 4 is 17.5 Å². The number of carbonyl (C=O) groups is 2. The third-order valence-electron chi connectivity index (χ3n) is 3.74. The van der Waals surface area contributed by atoms with E-state index in [2.05, 4.69) is 5.32 Å². The molecule has 1 aliphatic carbocycles. The van der Waals surface area contributed by atoms with Crippen LogP contribution >= 0.6 is 0 Å². The van der Waals surface area contributed by atoms with Crippen molar-refractivity contribution in [3.63, 3.8) is 0 Å². The van der Waals surface area contributed by atoms with Crippen LogP contribution in [0.15, 0.2) is 24.3 Å². The number of benzene rings is 1. The summed E-state index contributed by atoms with van der Waals surface area (Å²) >= 11 is 0. The normalized spacial score (nSPS) is 22.2. The first-order valence-electron chi connectivity index (χ1n) is 6.52. The fourth-order valence-electron chi connectivity index (χ4n) is 2.62. The van der Waals surface area contributed by atoms with Crippen LogP contribution in [0.25, 0.3) is 0 Å². The van der Waals surface area contributed by atoms with Crippen molar-refractivity contribution in [2.75, 3.05) is 11.9 Å². The van der Waals surface area contributed by atoms with E-state index in [1.165, 1.54) is 0 Å². The highest BCUT2D eigenvalue weighted by molar-refractivity contribution is 5.95. The first-order valence-corrected chi connectivity index (χ1v) is 6.52. The van der Waals surface area contributed by atoms with Gasteiger partial charge < -0.3 is 16.8 Å². The lowest BCUT2D eigenvalue weighted by atomic mass is 9.95. The summed E-state index contributed by atoms with van der Waals surface area (Å²) < 4.78 is 0. The van der Waals surface area contributed by atoms with Gasteiger partial charge in [-0.25, -0.2) is 0 Å². The molecular formula is C14H19N3O2. The lowest BCUT2D eigenvalue weighted by molar-refractivity contribution is -0.120. The number of primary amides is 1. The van der Waals surface area contributed by atoms with Gasteiger partial charge in [-0.05, 0) is 49.6 Å². The minimum absolute atomic E-state index is 0.000756. The third-order valence-corrected chi connectivity index (χ3v) is 3.74. The third kappa shape index (κ3) is 3.12.